The summed E-state index contributed by atoms with van der Waals surface area (Å²) in [5, 5.41) is 4.28. The zero-order valence-corrected chi connectivity index (χ0v) is 12.5. The Morgan fingerprint density at radius 1 is 1.47 bits per heavy atom. The van der Waals surface area contributed by atoms with Gasteiger partial charge < -0.3 is 10.2 Å². The number of pyridine rings is 1. The maximum atomic E-state index is 6.22. The lowest BCUT2D eigenvalue weighted by Gasteiger charge is -2.19. The highest BCUT2D eigenvalue weighted by Crippen LogP contribution is 2.38. The second kappa shape index (κ2) is 5.29. The van der Waals surface area contributed by atoms with E-state index in [1.807, 2.05) is 0 Å². The van der Waals surface area contributed by atoms with Crippen LogP contribution in [0, 0.1) is 11.8 Å². The van der Waals surface area contributed by atoms with Gasteiger partial charge in [-0.25, -0.2) is 4.98 Å². The smallest absolute Gasteiger partial charge is 0.128 e. The van der Waals surface area contributed by atoms with E-state index in [1.54, 1.807) is 6.20 Å². The Labute approximate surface area is 120 Å². The van der Waals surface area contributed by atoms with Crippen molar-refractivity contribution in [2.75, 3.05) is 18.5 Å². The van der Waals surface area contributed by atoms with Crippen molar-refractivity contribution in [1.29, 1.82) is 0 Å². The number of hydrogen-bond donors (Lipinski definition) is 1. The molecule has 0 aromatic carbocycles. The summed E-state index contributed by atoms with van der Waals surface area (Å²) >= 11 is 6.22. The minimum Gasteiger partial charge on any atom is -0.359 e. The highest BCUT2D eigenvalue weighted by Gasteiger charge is 2.33. The molecule has 19 heavy (non-hydrogen) atoms. The zero-order valence-electron chi connectivity index (χ0n) is 11.7. The lowest BCUT2D eigenvalue weighted by atomic mass is 10.2. The number of nitrogens with one attached hydrogen (secondary N) is 1. The van der Waals surface area contributed by atoms with Crippen molar-refractivity contribution in [2.45, 2.75) is 38.8 Å². The summed E-state index contributed by atoms with van der Waals surface area (Å²) in [7, 11) is 2.12. The van der Waals surface area contributed by atoms with E-state index in [2.05, 4.69) is 35.2 Å². The average molecular weight is 280 g/mol. The summed E-state index contributed by atoms with van der Waals surface area (Å²) in [5.41, 5.74) is 1.16. The summed E-state index contributed by atoms with van der Waals surface area (Å²) in [6, 6.07) is 2.84. The topological polar surface area (TPSA) is 28.2 Å². The molecule has 1 aromatic rings. The van der Waals surface area contributed by atoms with Gasteiger partial charge in [0, 0.05) is 32.4 Å². The predicted octanol–water partition coefficient (Wildman–Crippen LogP) is 3.08. The number of hydrogen-bond acceptors (Lipinski definition) is 3. The molecular formula is C15H22ClN3. The van der Waals surface area contributed by atoms with Gasteiger partial charge in [-0.2, -0.15) is 0 Å². The normalized spacial score (nSPS) is 25.4. The van der Waals surface area contributed by atoms with Crippen LogP contribution >= 0.6 is 11.6 Å². The molecule has 0 saturated heterocycles. The molecule has 0 radical (unpaired) electrons. The minimum absolute atomic E-state index is 0.706. The van der Waals surface area contributed by atoms with E-state index in [0.717, 1.165) is 41.3 Å². The molecule has 2 atom stereocenters. The maximum Gasteiger partial charge on any atom is 0.128 e. The van der Waals surface area contributed by atoms with Crippen molar-refractivity contribution in [3.05, 3.63) is 22.8 Å². The highest BCUT2D eigenvalue weighted by atomic mass is 35.5. The third kappa shape index (κ3) is 3.40. The quantitative estimate of drug-likeness (QED) is 0.867. The fourth-order valence-electron chi connectivity index (χ4n) is 2.45. The van der Waals surface area contributed by atoms with Crippen LogP contribution in [-0.4, -0.2) is 24.6 Å². The highest BCUT2D eigenvalue weighted by molar-refractivity contribution is 6.31. The van der Waals surface area contributed by atoms with Gasteiger partial charge in [0.25, 0.3) is 0 Å². The third-order valence-electron chi connectivity index (χ3n) is 4.25. The number of halogens is 1. The van der Waals surface area contributed by atoms with E-state index in [4.69, 9.17) is 11.6 Å². The van der Waals surface area contributed by atoms with Crippen molar-refractivity contribution in [2.24, 2.45) is 11.8 Å². The van der Waals surface area contributed by atoms with Gasteiger partial charge in [-0.1, -0.05) is 18.5 Å². The first-order valence-electron chi connectivity index (χ1n) is 7.22. The first kappa shape index (κ1) is 13.2. The van der Waals surface area contributed by atoms with E-state index >= 15 is 0 Å². The van der Waals surface area contributed by atoms with Crippen LogP contribution in [0.2, 0.25) is 5.02 Å². The lowest BCUT2D eigenvalue weighted by Crippen LogP contribution is -2.22. The van der Waals surface area contributed by atoms with Crippen molar-refractivity contribution in [3.63, 3.8) is 0 Å². The summed E-state index contributed by atoms with van der Waals surface area (Å²) in [4.78, 5) is 6.71. The van der Waals surface area contributed by atoms with Gasteiger partial charge in [0.15, 0.2) is 0 Å². The molecule has 104 valence electrons. The molecule has 0 bridgehead atoms. The Hall–Kier alpha value is -0.800. The second-order valence-electron chi connectivity index (χ2n) is 6.14. The van der Waals surface area contributed by atoms with Gasteiger partial charge >= 0.3 is 0 Å². The van der Waals surface area contributed by atoms with Crippen LogP contribution in [0.5, 0.6) is 0 Å². The molecule has 2 saturated carbocycles. The van der Waals surface area contributed by atoms with E-state index in [1.165, 1.54) is 19.3 Å². The molecule has 1 heterocycles. The van der Waals surface area contributed by atoms with Crippen LogP contribution < -0.4 is 10.2 Å². The number of rotatable bonds is 6. The molecule has 0 spiro atoms. The van der Waals surface area contributed by atoms with Gasteiger partial charge in [-0.15, -0.1) is 0 Å². The van der Waals surface area contributed by atoms with E-state index in [-0.39, 0.29) is 0 Å². The summed E-state index contributed by atoms with van der Waals surface area (Å²) in [5.74, 6) is 2.76. The maximum absolute atomic E-state index is 6.22. The third-order valence-corrected chi connectivity index (χ3v) is 4.59. The van der Waals surface area contributed by atoms with E-state index in [9.17, 15) is 0 Å². The minimum atomic E-state index is 0.706. The molecule has 1 N–H and O–H groups in total. The lowest BCUT2D eigenvalue weighted by molar-refractivity contribution is 0.685. The Kier molecular flexibility index (Phi) is 3.68. The zero-order chi connectivity index (χ0) is 13.4. The van der Waals surface area contributed by atoms with Gasteiger partial charge in [0.1, 0.15) is 5.82 Å². The van der Waals surface area contributed by atoms with Crippen molar-refractivity contribution < 1.29 is 0 Å². The van der Waals surface area contributed by atoms with Crippen LogP contribution in [0.1, 0.15) is 31.7 Å². The van der Waals surface area contributed by atoms with Gasteiger partial charge in [0.05, 0.1) is 5.02 Å². The van der Waals surface area contributed by atoms with Gasteiger partial charge in [-0.3, -0.25) is 0 Å². The number of aromatic nitrogens is 1. The molecule has 2 fully saturated rings. The summed E-state index contributed by atoms with van der Waals surface area (Å²) in [6.07, 6.45) is 5.74. The molecular weight excluding hydrogens is 258 g/mol. The van der Waals surface area contributed by atoms with Gasteiger partial charge in [-0.05, 0) is 42.7 Å². The predicted molar refractivity (Wildman–Crippen MR) is 79.6 cm³/mol. The van der Waals surface area contributed by atoms with E-state index in [0.29, 0.717) is 6.04 Å². The molecule has 3 nitrogen and oxygen atoms in total. The largest absolute Gasteiger partial charge is 0.359 e. The number of anilines is 1. The van der Waals surface area contributed by atoms with Crippen LogP contribution in [-0.2, 0) is 6.54 Å². The Bertz CT molecular complexity index is 459. The molecule has 2 aliphatic carbocycles. The van der Waals surface area contributed by atoms with Crippen LogP contribution in [0.25, 0.3) is 0 Å². The standard InChI is InChI=1S/C15H22ClN3/c1-10-5-12(10)9-19(2)15-6-11(14(16)8-18-15)7-17-13-3-4-13/h6,8,10,12-13,17H,3-5,7,9H2,1-2H3. The number of nitrogens with zero attached hydrogens (tertiary/aromatic N) is 2. The molecule has 4 heteroatoms. The molecule has 3 rings (SSSR count). The summed E-state index contributed by atoms with van der Waals surface area (Å²) in [6.45, 7) is 4.27. The Balaban J connectivity index is 1.64. The molecule has 2 unspecified atom stereocenters. The SMILES string of the molecule is CC1CC1CN(C)c1cc(CNC2CC2)c(Cl)cn1. The fraction of sp³-hybridized carbons (Fsp3) is 0.667. The van der Waals surface area contributed by atoms with Crippen LogP contribution in [0.4, 0.5) is 5.82 Å². The van der Waals surface area contributed by atoms with Crippen LogP contribution in [0.15, 0.2) is 12.3 Å². The van der Waals surface area contributed by atoms with Crippen molar-refractivity contribution in [3.8, 4) is 0 Å². The first-order chi connectivity index (χ1) is 9.13. The molecule has 0 aliphatic heterocycles. The molecule has 2 aliphatic rings. The first-order valence-corrected chi connectivity index (χ1v) is 7.60. The monoisotopic (exact) mass is 279 g/mol. The fourth-order valence-corrected chi connectivity index (χ4v) is 2.62. The van der Waals surface area contributed by atoms with Crippen LogP contribution in [0.3, 0.4) is 0 Å². The second-order valence-corrected chi connectivity index (χ2v) is 6.55. The van der Waals surface area contributed by atoms with Crippen molar-refractivity contribution in [1.82, 2.24) is 10.3 Å². The molecule has 0 amide bonds. The molecule has 1 aromatic heterocycles. The summed E-state index contributed by atoms with van der Waals surface area (Å²) < 4.78 is 0. The Morgan fingerprint density at radius 2 is 2.21 bits per heavy atom. The average Bonchev–Trinajstić information content (AvgIpc) is 3.28. The Morgan fingerprint density at radius 3 is 2.84 bits per heavy atom. The van der Waals surface area contributed by atoms with E-state index < -0.39 is 0 Å². The van der Waals surface area contributed by atoms with Gasteiger partial charge in [0.2, 0.25) is 0 Å². The van der Waals surface area contributed by atoms with Crippen molar-refractivity contribution >= 4 is 17.4 Å².